The lowest BCUT2D eigenvalue weighted by Crippen LogP contribution is -2.52. The van der Waals surface area contributed by atoms with E-state index < -0.39 is 17.4 Å². The van der Waals surface area contributed by atoms with Crippen molar-refractivity contribution in [1.29, 1.82) is 0 Å². The van der Waals surface area contributed by atoms with Crippen LogP contribution >= 0.6 is 11.6 Å². The maximum Gasteiger partial charge on any atom is 0.282 e. The van der Waals surface area contributed by atoms with Gasteiger partial charge < -0.3 is 19.4 Å². The van der Waals surface area contributed by atoms with Crippen LogP contribution in [0.25, 0.3) is 16.6 Å². The van der Waals surface area contributed by atoms with Gasteiger partial charge in [0.2, 0.25) is 11.8 Å². The molecule has 4 aromatic rings. The second-order valence-corrected chi connectivity index (χ2v) is 17.4. The van der Waals surface area contributed by atoms with Gasteiger partial charge >= 0.3 is 0 Å². The van der Waals surface area contributed by atoms with Crippen LogP contribution in [-0.4, -0.2) is 93.9 Å². The van der Waals surface area contributed by atoms with E-state index in [1.807, 2.05) is 18.2 Å². The van der Waals surface area contributed by atoms with Gasteiger partial charge in [0.05, 0.1) is 40.2 Å². The largest absolute Gasteiger partial charge is 0.492 e. The second kappa shape index (κ2) is 12.7. The number of benzene rings is 3. The lowest BCUT2D eigenvalue weighted by atomic mass is 9.74. The van der Waals surface area contributed by atoms with Crippen LogP contribution in [0.5, 0.6) is 5.75 Å². The van der Waals surface area contributed by atoms with E-state index in [1.54, 1.807) is 11.0 Å². The first-order chi connectivity index (χ1) is 26.5. The van der Waals surface area contributed by atoms with Gasteiger partial charge in [-0.05, 0) is 113 Å². The fourth-order valence-corrected chi connectivity index (χ4v) is 10.6. The molecule has 12 heteroatoms. The summed E-state index contributed by atoms with van der Waals surface area (Å²) in [6.45, 7) is 11.5. The first kappa shape index (κ1) is 34.9. The number of fused-ring (bicyclic) bond motifs is 9. The van der Waals surface area contributed by atoms with Crippen molar-refractivity contribution in [2.75, 3.05) is 45.9 Å². The molecule has 0 unspecified atom stereocenters. The maximum absolute atomic E-state index is 13.4. The van der Waals surface area contributed by atoms with E-state index in [2.05, 4.69) is 62.8 Å². The number of nitrogens with one attached hydrogen (secondary N) is 1. The number of rotatable bonds is 5. The highest BCUT2D eigenvalue weighted by Crippen LogP contribution is 2.50. The number of amides is 3. The number of hydrogen-bond donors (Lipinski definition) is 1. The molecule has 10 rings (SSSR count). The quantitative estimate of drug-likeness (QED) is 0.282. The standard InChI is InChI=1S/C43H45ClN6O5/c1-42(2)30-22-26(6-9-32(30)50-33-5-3-4-31(44)36(33)39(53)46-41(42)50)25-12-16-47(17-13-25)20-21-48-18-14-43(15-19-48)24-55-37-28-23-49(34-10-11-35(51)45-38(34)52)40(54)27(28)7-8-29(37)43/h3-9,22,25,34H,10-21,23-24H2,1-2H3,(H,45,51,52)/t34-/m0/s1. The molecule has 284 valence electrons. The van der Waals surface area contributed by atoms with Crippen LogP contribution in [0.3, 0.4) is 0 Å². The summed E-state index contributed by atoms with van der Waals surface area (Å²) in [5.41, 5.74) is 6.42. The van der Waals surface area contributed by atoms with Gasteiger partial charge in [-0.2, -0.15) is 4.98 Å². The molecule has 11 nitrogen and oxygen atoms in total. The van der Waals surface area contributed by atoms with Gasteiger partial charge in [-0.3, -0.25) is 29.1 Å². The zero-order chi connectivity index (χ0) is 37.8. The summed E-state index contributed by atoms with van der Waals surface area (Å²) in [4.78, 5) is 62.1. The molecule has 1 N–H and O–H groups in total. The molecular formula is C43H45ClN6O5. The highest BCUT2D eigenvalue weighted by atomic mass is 35.5. The van der Waals surface area contributed by atoms with Gasteiger partial charge in [0.25, 0.3) is 11.5 Å². The maximum atomic E-state index is 13.4. The second-order valence-electron chi connectivity index (χ2n) is 17.0. The predicted molar refractivity (Wildman–Crippen MR) is 208 cm³/mol. The number of halogens is 1. The molecule has 0 saturated carbocycles. The molecule has 6 aliphatic rings. The molecule has 3 aromatic carbocycles. The third-order valence-electron chi connectivity index (χ3n) is 13.7. The number of imide groups is 1. The molecule has 7 heterocycles. The molecule has 3 fully saturated rings. The normalized spacial score (nSPS) is 23.1. The molecule has 1 spiro atoms. The minimum absolute atomic E-state index is 0.0535. The van der Waals surface area contributed by atoms with E-state index in [-0.39, 0.29) is 29.2 Å². The summed E-state index contributed by atoms with van der Waals surface area (Å²) in [6.07, 6.45) is 4.85. The van der Waals surface area contributed by atoms with Gasteiger partial charge in [0.15, 0.2) is 0 Å². The monoisotopic (exact) mass is 760 g/mol. The number of ether oxygens (including phenoxy) is 1. The van der Waals surface area contributed by atoms with Crippen LogP contribution < -0.4 is 15.6 Å². The van der Waals surface area contributed by atoms with Crippen molar-refractivity contribution >= 4 is 40.2 Å². The van der Waals surface area contributed by atoms with Crippen LogP contribution in [0.4, 0.5) is 0 Å². The molecule has 0 aliphatic carbocycles. The van der Waals surface area contributed by atoms with Crippen molar-refractivity contribution in [2.45, 2.75) is 81.7 Å². The Labute approximate surface area is 324 Å². The Morgan fingerprint density at radius 2 is 1.67 bits per heavy atom. The minimum atomic E-state index is -0.628. The Bertz CT molecular complexity index is 2370. The van der Waals surface area contributed by atoms with E-state index in [1.165, 1.54) is 16.7 Å². The average Bonchev–Trinajstić information content (AvgIpc) is 3.78. The van der Waals surface area contributed by atoms with Crippen LogP contribution in [-0.2, 0) is 27.0 Å². The molecule has 1 aromatic heterocycles. The first-order valence-electron chi connectivity index (χ1n) is 19.8. The lowest BCUT2D eigenvalue weighted by molar-refractivity contribution is -0.136. The number of carbonyl (C=O) groups excluding carboxylic acids is 3. The van der Waals surface area contributed by atoms with Crippen molar-refractivity contribution in [3.05, 3.63) is 97.5 Å². The van der Waals surface area contributed by atoms with Crippen LogP contribution in [0.2, 0.25) is 5.02 Å². The summed E-state index contributed by atoms with van der Waals surface area (Å²) in [5.74, 6) is 1.26. The van der Waals surface area contributed by atoms with Crippen molar-refractivity contribution < 1.29 is 19.1 Å². The number of hydrogen-bond acceptors (Lipinski definition) is 8. The highest BCUT2D eigenvalue weighted by molar-refractivity contribution is 6.35. The van der Waals surface area contributed by atoms with Gasteiger partial charge in [0, 0.05) is 41.6 Å². The molecule has 3 amide bonds. The molecule has 1 atom stereocenters. The summed E-state index contributed by atoms with van der Waals surface area (Å²) in [6, 6.07) is 15.8. The van der Waals surface area contributed by atoms with Gasteiger partial charge in [-0.1, -0.05) is 35.9 Å². The Hall–Kier alpha value is -4.58. The summed E-state index contributed by atoms with van der Waals surface area (Å²) < 4.78 is 8.52. The van der Waals surface area contributed by atoms with Gasteiger partial charge in [0.1, 0.15) is 17.6 Å². The van der Waals surface area contributed by atoms with E-state index in [0.717, 1.165) is 93.3 Å². The fraction of sp³-hybridized carbons (Fsp3) is 0.465. The minimum Gasteiger partial charge on any atom is -0.492 e. The molecule has 0 radical (unpaired) electrons. The predicted octanol–water partition coefficient (Wildman–Crippen LogP) is 5.05. The van der Waals surface area contributed by atoms with E-state index >= 15 is 0 Å². The third kappa shape index (κ3) is 5.40. The van der Waals surface area contributed by atoms with Gasteiger partial charge in [-0.25, -0.2) is 0 Å². The average molecular weight is 761 g/mol. The first-order valence-corrected chi connectivity index (χ1v) is 20.2. The fourth-order valence-electron chi connectivity index (χ4n) is 10.4. The topological polar surface area (TPSA) is 117 Å². The molecule has 0 bridgehead atoms. The molecule has 6 aliphatic heterocycles. The van der Waals surface area contributed by atoms with Crippen molar-refractivity contribution in [3.8, 4) is 11.4 Å². The van der Waals surface area contributed by atoms with Crippen molar-refractivity contribution in [1.82, 2.24) is 29.6 Å². The third-order valence-corrected chi connectivity index (χ3v) is 14.0. The van der Waals surface area contributed by atoms with Gasteiger partial charge in [-0.15, -0.1) is 0 Å². The number of piperidine rings is 3. The van der Waals surface area contributed by atoms with Crippen LogP contribution in [0.15, 0.2) is 53.3 Å². The number of carbonyl (C=O) groups is 3. The Morgan fingerprint density at radius 3 is 2.44 bits per heavy atom. The SMILES string of the molecule is CC1(C)c2cc(C3CCN(CCN4CCC5(CC4)COc4c5ccc5c4CN([C@H]4CCC(=O)NC4=O)C5=O)CC3)ccc2-n2c1nc(=O)c1c(Cl)cccc12. The number of aromatic nitrogens is 2. The summed E-state index contributed by atoms with van der Waals surface area (Å²) in [7, 11) is 0. The van der Waals surface area contributed by atoms with E-state index in [4.69, 9.17) is 16.3 Å². The zero-order valence-electron chi connectivity index (χ0n) is 31.3. The molecule has 55 heavy (non-hydrogen) atoms. The summed E-state index contributed by atoms with van der Waals surface area (Å²) >= 11 is 6.47. The molecular weight excluding hydrogens is 716 g/mol. The highest BCUT2D eigenvalue weighted by Gasteiger charge is 2.48. The Balaban J connectivity index is 0.756. The number of nitrogens with zero attached hydrogens (tertiary/aromatic N) is 5. The van der Waals surface area contributed by atoms with Crippen LogP contribution in [0, 0.1) is 0 Å². The number of likely N-dealkylation sites (tertiary alicyclic amines) is 2. The van der Waals surface area contributed by atoms with Crippen LogP contribution in [0.1, 0.15) is 96.7 Å². The van der Waals surface area contributed by atoms with Crippen molar-refractivity contribution in [2.24, 2.45) is 0 Å². The Morgan fingerprint density at radius 1 is 0.909 bits per heavy atom. The molecule has 3 saturated heterocycles. The van der Waals surface area contributed by atoms with Crippen molar-refractivity contribution in [3.63, 3.8) is 0 Å². The smallest absolute Gasteiger partial charge is 0.282 e. The lowest BCUT2D eigenvalue weighted by Gasteiger charge is -2.40. The van der Waals surface area contributed by atoms with E-state index in [0.29, 0.717) is 41.5 Å². The summed E-state index contributed by atoms with van der Waals surface area (Å²) in [5, 5.41) is 3.30. The zero-order valence-corrected chi connectivity index (χ0v) is 32.1. The Kier molecular flexibility index (Phi) is 8.07. The van der Waals surface area contributed by atoms with E-state index in [9.17, 15) is 19.2 Å².